The monoisotopic (exact) mass is 376 g/mol. The van der Waals surface area contributed by atoms with E-state index in [1.165, 1.54) is 11.1 Å². The molecule has 2 unspecified atom stereocenters. The fourth-order valence-corrected chi connectivity index (χ4v) is 4.76. The molecule has 1 aromatic heterocycles. The van der Waals surface area contributed by atoms with E-state index in [0.717, 1.165) is 35.5 Å². The summed E-state index contributed by atoms with van der Waals surface area (Å²) in [6.07, 6.45) is 2.99. The molecule has 0 spiro atoms. The van der Waals surface area contributed by atoms with Gasteiger partial charge in [0.15, 0.2) is 0 Å². The average Bonchev–Trinajstić information content (AvgIpc) is 3.19. The molecule has 1 heterocycles. The molecule has 0 saturated carbocycles. The van der Waals surface area contributed by atoms with E-state index in [0.29, 0.717) is 0 Å². The summed E-state index contributed by atoms with van der Waals surface area (Å²) >= 11 is 1.60. The van der Waals surface area contributed by atoms with Gasteiger partial charge in [-0.05, 0) is 44.2 Å². The number of aryl methyl sites for hydroxylation is 1. The first-order valence-electron chi connectivity index (χ1n) is 9.48. The van der Waals surface area contributed by atoms with Crippen LogP contribution in [0.1, 0.15) is 48.9 Å². The molecule has 4 rings (SSSR count). The van der Waals surface area contributed by atoms with Gasteiger partial charge in [-0.1, -0.05) is 54.6 Å². The normalized spacial score (nSPS) is 19.9. The van der Waals surface area contributed by atoms with Crippen molar-refractivity contribution in [2.75, 3.05) is 0 Å². The van der Waals surface area contributed by atoms with E-state index in [9.17, 15) is 4.79 Å². The molecule has 1 aliphatic carbocycles. The molecule has 0 saturated heterocycles. The third kappa shape index (κ3) is 3.42. The molecule has 4 heteroatoms. The zero-order chi connectivity index (χ0) is 18.9. The lowest BCUT2D eigenvalue weighted by molar-refractivity contribution is -0.127. The molecule has 138 valence electrons. The largest absolute Gasteiger partial charge is 0.346 e. The van der Waals surface area contributed by atoms with Crippen molar-refractivity contribution in [1.29, 1.82) is 0 Å². The van der Waals surface area contributed by atoms with Crippen molar-refractivity contribution in [3.63, 3.8) is 0 Å². The highest BCUT2D eigenvalue weighted by atomic mass is 32.1. The zero-order valence-corrected chi connectivity index (χ0v) is 16.6. The van der Waals surface area contributed by atoms with Crippen LogP contribution in [-0.4, -0.2) is 10.9 Å². The van der Waals surface area contributed by atoms with Gasteiger partial charge in [0.2, 0.25) is 5.91 Å². The predicted octanol–water partition coefficient (Wildman–Crippen LogP) is 5.28. The van der Waals surface area contributed by atoms with Gasteiger partial charge in [0.05, 0.1) is 17.2 Å². The summed E-state index contributed by atoms with van der Waals surface area (Å²) in [4.78, 5) is 18.0. The van der Waals surface area contributed by atoms with Gasteiger partial charge in [0.1, 0.15) is 5.01 Å². The summed E-state index contributed by atoms with van der Waals surface area (Å²) in [7, 11) is 0. The number of thiazole rings is 1. The number of rotatable bonds is 4. The minimum Gasteiger partial charge on any atom is -0.346 e. The maximum atomic E-state index is 13.2. The fourth-order valence-electron chi connectivity index (χ4n) is 3.93. The number of carbonyl (C=O) groups is 1. The molecule has 0 bridgehead atoms. The van der Waals surface area contributed by atoms with Crippen LogP contribution in [0.25, 0.3) is 11.3 Å². The molecule has 1 N–H and O–H groups in total. The second-order valence-electron chi connectivity index (χ2n) is 7.47. The van der Waals surface area contributed by atoms with Crippen LogP contribution in [0.3, 0.4) is 0 Å². The van der Waals surface area contributed by atoms with Crippen molar-refractivity contribution in [3.8, 4) is 11.3 Å². The maximum absolute atomic E-state index is 13.2. The number of hydrogen-bond donors (Lipinski definition) is 1. The number of nitrogens with zero attached hydrogens (tertiary/aromatic N) is 1. The number of amides is 1. The highest BCUT2D eigenvalue weighted by molar-refractivity contribution is 7.10. The van der Waals surface area contributed by atoms with Gasteiger partial charge in [-0.25, -0.2) is 4.98 Å². The van der Waals surface area contributed by atoms with Gasteiger partial charge < -0.3 is 5.32 Å². The number of fused-ring (bicyclic) bond motifs is 1. The van der Waals surface area contributed by atoms with Crippen LogP contribution in [0, 0.1) is 0 Å². The Morgan fingerprint density at radius 2 is 1.89 bits per heavy atom. The molecule has 3 aromatic rings. The van der Waals surface area contributed by atoms with E-state index < -0.39 is 5.41 Å². The quantitative estimate of drug-likeness (QED) is 0.673. The molecule has 0 aliphatic heterocycles. The average molecular weight is 377 g/mol. The predicted molar refractivity (Wildman–Crippen MR) is 111 cm³/mol. The van der Waals surface area contributed by atoms with Gasteiger partial charge in [0.25, 0.3) is 0 Å². The van der Waals surface area contributed by atoms with Gasteiger partial charge in [-0.2, -0.15) is 0 Å². The first kappa shape index (κ1) is 17.9. The molecular formula is C23H24N2OS. The smallest absolute Gasteiger partial charge is 0.230 e. The molecule has 1 amide bonds. The number of aromatic nitrogens is 1. The lowest BCUT2D eigenvalue weighted by atomic mass is 9.70. The minimum atomic E-state index is -0.470. The first-order chi connectivity index (χ1) is 13.1. The van der Waals surface area contributed by atoms with Crippen molar-refractivity contribution in [1.82, 2.24) is 10.3 Å². The second-order valence-corrected chi connectivity index (χ2v) is 8.36. The van der Waals surface area contributed by atoms with E-state index in [1.807, 2.05) is 31.2 Å². The Labute approximate surface area is 164 Å². The molecule has 27 heavy (non-hydrogen) atoms. The van der Waals surface area contributed by atoms with Gasteiger partial charge in [-0.3, -0.25) is 4.79 Å². The Bertz CT molecular complexity index is 950. The summed E-state index contributed by atoms with van der Waals surface area (Å²) in [5.74, 6) is 0.0959. The highest BCUT2D eigenvalue weighted by Crippen LogP contribution is 2.38. The van der Waals surface area contributed by atoms with Crippen molar-refractivity contribution < 1.29 is 4.79 Å². The van der Waals surface area contributed by atoms with E-state index in [4.69, 9.17) is 4.98 Å². The van der Waals surface area contributed by atoms with Crippen LogP contribution < -0.4 is 5.32 Å². The van der Waals surface area contributed by atoms with Gasteiger partial charge >= 0.3 is 0 Å². The Hall–Kier alpha value is -2.46. The van der Waals surface area contributed by atoms with Crippen LogP contribution in [0.2, 0.25) is 0 Å². The summed E-state index contributed by atoms with van der Waals surface area (Å²) in [5, 5.41) is 6.22. The van der Waals surface area contributed by atoms with E-state index in [2.05, 4.69) is 48.0 Å². The van der Waals surface area contributed by atoms with Crippen molar-refractivity contribution in [3.05, 3.63) is 76.1 Å². The van der Waals surface area contributed by atoms with Crippen LogP contribution in [-0.2, 0) is 16.6 Å². The van der Waals surface area contributed by atoms with E-state index in [1.54, 1.807) is 11.3 Å². The number of carbonyl (C=O) groups excluding carboxylic acids is 1. The third-order valence-electron chi connectivity index (χ3n) is 5.55. The SMILES string of the molecule is CC(NC(=O)C1(C)CCCc2ccccc21)c1nc(-c2ccccc2)cs1. The minimum absolute atomic E-state index is 0.0959. The summed E-state index contributed by atoms with van der Waals surface area (Å²) in [6, 6.07) is 18.4. The standard InChI is InChI=1S/C23H24N2OS/c1-16(21-25-20(15-27-21)18-10-4-3-5-11-18)24-22(26)23(2)14-8-12-17-9-6-7-13-19(17)23/h3-7,9-11,13,15-16H,8,12,14H2,1-2H3,(H,24,26). The Morgan fingerprint density at radius 1 is 1.15 bits per heavy atom. The Kier molecular flexibility index (Phi) is 4.83. The molecular weight excluding hydrogens is 352 g/mol. The van der Waals surface area contributed by atoms with Crippen LogP contribution in [0.4, 0.5) is 0 Å². The molecule has 2 aromatic carbocycles. The van der Waals surface area contributed by atoms with Crippen LogP contribution >= 0.6 is 11.3 Å². The maximum Gasteiger partial charge on any atom is 0.230 e. The Morgan fingerprint density at radius 3 is 2.70 bits per heavy atom. The van der Waals surface area contributed by atoms with Crippen LogP contribution in [0.15, 0.2) is 60.0 Å². The molecule has 2 atom stereocenters. The molecule has 3 nitrogen and oxygen atoms in total. The van der Waals surface area contributed by atoms with Crippen molar-refractivity contribution in [2.45, 2.75) is 44.6 Å². The summed E-state index contributed by atoms with van der Waals surface area (Å²) in [6.45, 7) is 4.09. The van der Waals surface area contributed by atoms with E-state index >= 15 is 0 Å². The molecule has 0 fully saturated rings. The third-order valence-corrected chi connectivity index (χ3v) is 6.57. The molecule has 1 aliphatic rings. The Balaban J connectivity index is 1.53. The highest BCUT2D eigenvalue weighted by Gasteiger charge is 2.39. The number of nitrogens with one attached hydrogen (secondary N) is 1. The topological polar surface area (TPSA) is 42.0 Å². The van der Waals surface area contributed by atoms with Crippen LogP contribution in [0.5, 0.6) is 0 Å². The van der Waals surface area contributed by atoms with E-state index in [-0.39, 0.29) is 11.9 Å². The second kappa shape index (κ2) is 7.28. The van der Waals surface area contributed by atoms with Gasteiger partial charge in [0, 0.05) is 10.9 Å². The van der Waals surface area contributed by atoms with Gasteiger partial charge in [-0.15, -0.1) is 11.3 Å². The fraction of sp³-hybridized carbons (Fsp3) is 0.304. The molecule has 0 radical (unpaired) electrons. The first-order valence-corrected chi connectivity index (χ1v) is 10.4. The number of hydrogen-bond acceptors (Lipinski definition) is 3. The van der Waals surface area contributed by atoms with Crippen molar-refractivity contribution >= 4 is 17.2 Å². The lowest BCUT2D eigenvalue weighted by Crippen LogP contribution is -2.45. The zero-order valence-electron chi connectivity index (χ0n) is 15.7. The number of benzene rings is 2. The van der Waals surface area contributed by atoms with Crippen molar-refractivity contribution in [2.24, 2.45) is 0 Å². The summed E-state index contributed by atoms with van der Waals surface area (Å²) in [5.41, 5.74) is 4.07. The lowest BCUT2D eigenvalue weighted by Gasteiger charge is -2.35. The summed E-state index contributed by atoms with van der Waals surface area (Å²) < 4.78 is 0.